The number of carbonyl (C=O) groups is 1. The molecule has 1 aliphatic heterocycles. The van der Waals surface area contributed by atoms with Crippen molar-refractivity contribution in [2.45, 2.75) is 31.2 Å². The zero-order valence-corrected chi connectivity index (χ0v) is 10.5. The molecule has 1 unspecified atom stereocenters. The van der Waals surface area contributed by atoms with E-state index in [0.717, 1.165) is 6.42 Å². The fourth-order valence-electron chi connectivity index (χ4n) is 1.84. The molecule has 1 saturated heterocycles. The Morgan fingerprint density at radius 3 is 3.00 bits per heavy atom. The maximum Gasteiger partial charge on any atom is 0.325 e. The number of rotatable bonds is 4. The Morgan fingerprint density at radius 1 is 1.56 bits per heavy atom. The van der Waals surface area contributed by atoms with Crippen molar-refractivity contribution in [2.24, 2.45) is 0 Å². The topological polar surface area (TPSA) is 98.5 Å². The van der Waals surface area contributed by atoms with E-state index >= 15 is 0 Å². The van der Waals surface area contributed by atoms with Crippen LogP contribution in [0.2, 0.25) is 0 Å². The third-order valence-electron chi connectivity index (χ3n) is 2.69. The van der Waals surface area contributed by atoms with Gasteiger partial charge in [0.1, 0.15) is 6.54 Å². The summed E-state index contributed by atoms with van der Waals surface area (Å²) < 4.78 is 30.0. The highest BCUT2D eigenvalue weighted by Crippen LogP contribution is 2.23. The van der Waals surface area contributed by atoms with Crippen molar-refractivity contribution in [1.82, 2.24) is 9.78 Å². The van der Waals surface area contributed by atoms with Gasteiger partial charge in [0.25, 0.3) is 0 Å². The average molecular weight is 274 g/mol. The number of hydrogen-bond donors (Lipinski definition) is 1. The number of nitrogens with zero attached hydrogens (tertiary/aromatic N) is 2. The van der Waals surface area contributed by atoms with Crippen molar-refractivity contribution < 1.29 is 23.1 Å². The molecule has 0 aromatic carbocycles. The molecular formula is C10H14N2O5S. The van der Waals surface area contributed by atoms with E-state index in [1.807, 2.05) is 0 Å². The minimum absolute atomic E-state index is 0.140. The van der Waals surface area contributed by atoms with Crippen LogP contribution in [0.25, 0.3) is 0 Å². The van der Waals surface area contributed by atoms with Crippen LogP contribution >= 0.6 is 0 Å². The molecule has 1 fully saturated rings. The van der Waals surface area contributed by atoms with Crippen LogP contribution in [0.3, 0.4) is 0 Å². The molecule has 7 nitrogen and oxygen atoms in total. The number of ether oxygens (including phenoxy) is 1. The number of hydrogen-bond acceptors (Lipinski definition) is 5. The number of aliphatic carboxylic acids is 1. The largest absolute Gasteiger partial charge is 0.480 e. The first-order chi connectivity index (χ1) is 8.47. The van der Waals surface area contributed by atoms with Gasteiger partial charge in [-0.1, -0.05) is 0 Å². The molecule has 8 heteroatoms. The van der Waals surface area contributed by atoms with Gasteiger partial charge in [0.15, 0.2) is 21.0 Å². The van der Waals surface area contributed by atoms with Gasteiger partial charge in [-0.3, -0.25) is 9.48 Å². The fourth-order valence-corrected chi connectivity index (χ4v) is 3.49. The first-order valence-corrected chi connectivity index (χ1v) is 7.31. The van der Waals surface area contributed by atoms with E-state index < -0.39 is 21.2 Å². The molecule has 1 aliphatic rings. The van der Waals surface area contributed by atoms with Gasteiger partial charge in [0.2, 0.25) is 0 Å². The van der Waals surface area contributed by atoms with Gasteiger partial charge in [0, 0.05) is 0 Å². The lowest BCUT2D eigenvalue weighted by atomic mass is 10.2. The summed E-state index contributed by atoms with van der Waals surface area (Å²) in [4.78, 5) is 10.5. The second-order valence-electron chi connectivity index (χ2n) is 4.18. The molecule has 1 aromatic rings. The summed E-state index contributed by atoms with van der Waals surface area (Å²) in [6.07, 6.45) is 4.66. The highest BCUT2D eigenvalue weighted by atomic mass is 32.2. The Labute approximate surface area is 104 Å². The van der Waals surface area contributed by atoms with Crippen LogP contribution in [0, 0.1) is 0 Å². The summed E-state index contributed by atoms with van der Waals surface area (Å²) in [5.74, 6) is -0.595. The molecule has 2 rings (SSSR count). The Morgan fingerprint density at radius 2 is 2.33 bits per heavy atom. The average Bonchev–Trinajstić information content (AvgIpc) is 2.68. The third kappa shape index (κ3) is 3.00. The van der Waals surface area contributed by atoms with Crippen LogP contribution in [0.5, 0.6) is 5.75 Å². The van der Waals surface area contributed by atoms with Crippen LogP contribution in [-0.4, -0.2) is 40.5 Å². The second-order valence-corrected chi connectivity index (χ2v) is 6.44. The summed E-state index contributed by atoms with van der Waals surface area (Å²) in [6.45, 7) is -0.277. The van der Waals surface area contributed by atoms with Crippen molar-refractivity contribution in [3.05, 3.63) is 12.4 Å². The van der Waals surface area contributed by atoms with Gasteiger partial charge in [0.05, 0.1) is 18.1 Å². The number of carboxylic acid groups (broad SMARTS) is 1. The van der Waals surface area contributed by atoms with Crippen LogP contribution in [0.1, 0.15) is 19.3 Å². The smallest absolute Gasteiger partial charge is 0.325 e. The summed E-state index contributed by atoms with van der Waals surface area (Å²) >= 11 is 0. The summed E-state index contributed by atoms with van der Waals surface area (Å²) in [7, 11) is -3.21. The number of sulfone groups is 1. The van der Waals surface area contributed by atoms with E-state index in [4.69, 9.17) is 9.84 Å². The lowest BCUT2D eigenvalue weighted by Crippen LogP contribution is -2.33. The number of aromatic nitrogens is 2. The maximum absolute atomic E-state index is 11.7. The fraction of sp³-hybridized carbons (Fsp3) is 0.600. The minimum atomic E-state index is -3.21. The molecule has 2 heterocycles. The Bertz CT molecular complexity index is 536. The molecule has 1 atom stereocenters. The molecule has 0 aliphatic carbocycles. The van der Waals surface area contributed by atoms with Gasteiger partial charge in [-0.2, -0.15) is 5.10 Å². The first-order valence-electron chi connectivity index (χ1n) is 5.60. The molecule has 0 radical (unpaired) electrons. The van der Waals surface area contributed by atoms with Crippen LogP contribution in [0.15, 0.2) is 12.4 Å². The lowest BCUT2D eigenvalue weighted by molar-refractivity contribution is -0.137. The molecule has 1 N–H and O–H groups in total. The zero-order chi connectivity index (χ0) is 13.2. The van der Waals surface area contributed by atoms with Crippen LogP contribution < -0.4 is 4.74 Å². The molecule has 18 heavy (non-hydrogen) atoms. The monoisotopic (exact) mass is 274 g/mol. The van der Waals surface area contributed by atoms with Gasteiger partial charge >= 0.3 is 5.97 Å². The van der Waals surface area contributed by atoms with E-state index in [0.29, 0.717) is 12.8 Å². The Kier molecular flexibility index (Phi) is 3.55. The SMILES string of the molecule is O=C(O)Cn1cc(OC2CCCCS2(=O)=O)cn1. The molecule has 0 bridgehead atoms. The maximum atomic E-state index is 11.7. The van der Waals surface area contributed by atoms with E-state index in [-0.39, 0.29) is 18.0 Å². The quantitative estimate of drug-likeness (QED) is 0.846. The van der Waals surface area contributed by atoms with Gasteiger partial charge in [-0.25, -0.2) is 8.42 Å². The molecule has 0 saturated carbocycles. The standard InChI is InChI=1S/C10H14N2O5S/c13-9(14)7-12-6-8(5-11-12)17-10-3-1-2-4-18(10,15)16/h5-6,10H,1-4,7H2,(H,13,14). The Hall–Kier alpha value is -1.57. The molecule has 0 spiro atoms. The third-order valence-corrected chi connectivity index (χ3v) is 4.68. The predicted molar refractivity (Wildman–Crippen MR) is 61.9 cm³/mol. The van der Waals surface area contributed by atoms with Gasteiger partial charge in [-0.15, -0.1) is 0 Å². The van der Waals surface area contributed by atoms with E-state index in [9.17, 15) is 13.2 Å². The van der Waals surface area contributed by atoms with Gasteiger partial charge < -0.3 is 9.84 Å². The van der Waals surface area contributed by atoms with Crippen molar-refractivity contribution in [3.8, 4) is 5.75 Å². The second kappa shape index (κ2) is 4.97. The van der Waals surface area contributed by atoms with Crippen molar-refractivity contribution >= 4 is 15.8 Å². The molecule has 0 amide bonds. The van der Waals surface area contributed by atoms with Crippen LogP contribution in [0.4, 0.5) is 0 Å². The zero-order valence-electron chi connectivity index (χ0n) is 9.65. The summed E-state index contributed by atoms with van der Waals surface area (Å²) in [6, 6.07) is 0. The van der Waals surface area contributed by atoms with E-state index in [1.54, 1.807) is 0 Å². The van der Waals surface area contributed by atoms with Gasteiger partial charge in [-0.05, 0) is 19.3 Å². The van der Waals surface area contributed by atoms with E-state index in [1.165, 1.54) is 17.1 Å². The number of carboxylic acids is 1. The summed E-state index contributed by atoms with van der Waals surface area (Å²) in [5, 5.41) is 12.4. The Balaban J connectivity index is 2.04. The lowest BCUT2D eigenvalue weighted by Gasteiger charge is -2.22. The summed E-state index contributed by atoms with van der Waals surface area (Å²) in [5.41, 5.74) is -0.839. The highest BCUT2D eigenvalue weighted by Gasteiger charge is 2.30. The van der Waals surface area contributed by atoms with Crippen molar-refractivity contribution in [1.29, 1.82) is 0 Å². The molecule has 100 valence electrons. The highest BCUT2D eigenvalue weighted by molar-refractivity contribution is 7.91. The minimum Gasteiger partial charge on any atom is -0.480 e. The van der Waals surface area contributed by atoms with E-state index in [2.05, 4.69) is 5.10 Å². The van der Waals surface area contributed by atoms with Crippen LogP contribution in [-0.2, 0) is 21.2 Å². The van der Waals surface area contributed by atoms with Crippen molar-refractivity contribution in [3.63, 3.8) is 0 Å². The normalized spacial score (nSPS) is 22.6. The van der Waals surface area contributed by atoms with Crippen molar-refractivity contribution in [2.75, 3.05) is 5.75 Å². The predicted octanol–water partition coefficient (Wildman–Crippen LogP) is 0.271. The first kappa shape index (κ1) is 12.9. The molecular weight excluding hydrogens is 260 g/mol. The molecule has 1 aromatic heterocycles.